The Labute approximate surface area is 146 Å². The summed E-state index contributed by atoms with van der Waals surface area (Å²) < 4.78 is 0. The summed E-state index contributed by atoms with van der Waals surface area (Å²) in [5, 5.41) is 10.1. The maximum atomic E-state index is 12.0. The normalized spacial score (nSPS) is 10.6. The highest BCUT2D eigenvalue weighted by atomic mass is 35.5. The van der Waals surface area contributed by atoms with Crippen LogP contribution in [-0.4, -0.2) is 21.1 Å². The zero-order chi connectivity index (χ0) is 17.1. The van der Waals surface area contributed by atoms with Gasteiger partial charge in [0.2, 0.25) is 0 Å². The number of benzene rings is 1. The zero-order valence-electron chi connectivity index (χ0n) is 12.7. The molecule has 0 bridgehead atoms. The van der Waals surface area contributed by atoms with Gasteiger partial charge >= 0.3 is 0 Å². The first-order valence-corrected chi connectivity index (χ1v) is 8.29. The molecule has 0 unspecified atom stereocenters. The lowest BCUT2D eigenvalue weighted by atomic mass is 10.2. The number of hydrogen-bond donors (Lipinski definition) is 2. The van der Waals surface area contributed by atoms with Crippen LogP contribution in [0.25, 0.3) is 10.6 Å². The summed E-state index contributed by atoms with van der Waals surface area (Å²) in [5.74, 6) is -0.363. The predicted molar refractivity (Wildman–Crippen MR) is 93.3 cm³/mol. The molecule has 6 nitrogen and oxygen atoms in total. The Bertz CT molecular complexity index is 931. The summed E-state index contributed by atoms with van der Waals surface area (Å²) in [6.07, 6.45) is 0. The molecule has 0 saturated heterocycles. The van der Waals surface area contributed by atoms with Crippen LogP contribution in [0, 0.1) is 6.92 Å². The molecule has 0 spiro atoms. The number of nitrogens with one attached hydrogen (secondary N) is 2. The van der Waals surface area contributed by atoms with E-state index in [-0.39, 0.29) is 17.2 Å². The minimum Gasteiger partial charge on any atom is -0.346 e. The van der Waals surface area contributed by atoms with E-state index in [1.165, 1.54) is 23.5 Å². The number of halogens is 1. The van der Waals surface area contributed by atoms with Gasteiger partial charge in [-0.05, 0) is 19.1 Å². The van der Waals surface area contributed by atoms with Gasteiger partial charge < -0.3 is 5.32 Å². The number of amides is 1. The first kappa shape index (κ1) is 16.4. The molecule has 3 rings (SSSR count). The summed E-state index contributed by atoms with van der Waals surface area (Å²) in [6.45, 7) is 2.21. The number of aromatic nitrogens is 3. The van der Waals surface area contributed by atoms with E-state index in [0.29, 0.717) is 11.6 Å². The highest BCUT2D eigenvalue weighted by molar-refractivity contribution is 7.15. The van der Waals surface area contributed by atoms with Crippen LogP contribution in [0.4, 0.5) is 0 Å². The summed E-state index contributed by atoms with van der Waals surface area (Å²) >= 11 is 7.68. The molecular formula is C16H13ClN4O2S. The molecule has 0 aliphatic rings. The van der Waals surface area contributed by atoms with E-state index in [4.69, 9.17) is 11.6 Å². The van der Waals surface area contributed by atoms with Gasteiger partial charge in [0.1, 0.15) is 10.7 Å². The van der Waals surface area contributed by atoms with E-state index < -0.39 is 0 Å². The van der Waals surface area contributed by atoms with E-state index in [0.717, 1.165) is 21.1 Å². The first-order chi connectivity index (χ1) is 11.5. The molecule has 2 aromatic heterocycles. The number of thiazole rings is 1. The Morgan fingerprint density at radius 3 is 2.79 bits per heavy atom. The Morgan fingerprint density at radius 2 is 2.08 bits per heavy atom. The van der Waals surface area contributed by atoms with E-state index in [1.54, 1.807) is 0 Å². The topological polar surface area (TPSA) is 87.7 Å². The van der Waals surface area contributed by atoms with Crippen molar-refractivity contribution in [3.63, 3.8) is 0 Å². The van der Waals surface area contributed by atoms with Crippen LogP contribution in [0.1, 0.15) is 21.1 Å². The van der Waals surface area contributed by atoms with Crippen LogP contribution in [-0.2, 0) is 6.54 Å². The molecule has 0 atom stereocenters. The maximum absolute atomic E-state index is 12.0. The van der Waals surface area contributed by atoms with Crippen LogP contribution in [0.3, 0.4) is 0 Å². The standard InChI is InChI=1S/C16H13ClN4O2S/c1-9-13(8-18-15(23)12-6-7-14(22)21-20-12)24-16(19-9)10-4-2-3-5-11(10)17/h2-7H,8H2,1H3,(H,18,23)(H,21,22). The molecule has 24 heavy (non-hydrogen) atoms. The highest BCUT2D eigenvalue weighted by Gasteiger charge is 2.13. The molecule has 0 aliphatic heterocycles. The Morgan fingerprint density at radius 1 is 1.29 bits per heavy atom. The Kier molecular flexibility index (Phi) is 4.73. The highest BCUT2D eigenvalue weighted by Crippen LogP contribution is 2.32. The second-order valence-corrected chi connectivity index (χ2v) is 6.49. The van der Waals surface area contributed by atoms with Crippen molar-refractivity contribution in [2.75, 3.05) is 0 Å². The quantitative estimate of drug-likeness (QED) is 0.748. The van der Waals surface area contributed by atoms with Crippen molar-refractivity contribution in [2.45, 2.75) is 13.5 Å². The smallest absolute Gasteiger partial charge is 0.272 e. The first-order valence-electron chi connectivity index (χ1n) is 7.10. The molecule has 0 saturated carbocycles. The summed E-state index contributed by atoms with van der Waals surface area (Å²) in [7, 11) is 0. The number of H-pyrrole nitrogens is 1. The third-order valence-corrected chi connectivity index (χ3v) is 4.84. The van der Waals surface area contributed by atoms with Crippen molar-refractivity contribution in [1.29, 1.82) is 0 Å². The van der Waals surface area contributed by atoms with Gasteiger partial charge in [0.25, 0.3) is 11.5 Å². The van der Waals surface area contributed by atoms with Crippen molar-refractivity contribution >= 4 is 28.8 Å². The molecule has 3 aromatic rings. The van der Waals surface area contributed by atoms with E-state index >= 15 is 0 Å². The zero-order valence-corrected chi connectivity index (χ0v) is 14.2. The summed E-state index contributed by atoms with van der Waals surface area (Å²) in [4.78, 5) is 28.5. The second-order valence-electron chi connectivity index (χ2n) is 5.00. The molecule has 1 amide bonds. The van der Waals surface area contributed by atoms with Crippen molar-refractivity contribution in [1.82, 2.24) is 20.5 Å². The number of hydrogen-bond acceptors (Lipinski definition) is 5. The predicted octanol–water partition coefficient (Wildman–Crippen LogP) is 2.79. The van der Waals surface area contributed by atoms with Gasteiger partial charge in [-0.1, -0.05) is 29.8 Å². The summed E-state index contributed by atoms with van der Waals surface area (Å²) in [5.41, 5.74) is 1.51. The number of nitrogens with zero attached hydrogens (tertiary/aromatic N) is 2. The number of carbonyl (C=O) groups is 1. The van der Waals surface area contributed by atoms with Crippen molar-refractivity contribution in [3.8, 4) is 10.6 Å². The van der Waals surface area contributed by atoms with Crippen molar-refractivity contribution < 1.29 is 4.79 Å². The van der Waals surface area contributed by atoms with Gasteiger partial charge in [0.05, 0.1) is 17.3 Å². The molecule has 0 aliphatic carbocycles. The van der Waals surface area contributed by atoms with Gasteiger partial charge in [-0.25, -0.2) is 10.1 Å². The van der Waals surface area contributed by atoms with Crippen LogP contribution < -0.4 is 10.9 Å². The van der Waals surface area contributed by atoms with Crippen LogP contribution in [0.2, 0.25) is 5.02 Å². The summed E-state index contributed by atoms with van der Waals surface area (Å²) in [6, 6.07) is 10.1. The maximum Gasteiger partial charge on any atom is 0.272 e. The van der Waals surface area contributed by atoms with Crippen LogP contribution in [0.5, 0.6) is 0 Å². The molecule has 8 heteroatoms. The molecule has 0 radical (unpaired) electrons. The molecule has 0 fully saturated rings. The minimum absolute atomic E-state index is 0.156. The third-order valence-electron chi connectivity index (χ3n) is 3.32. The Hall–Kier alpha value is -2.51. The molecule has 2 heterocycles. The third kappa shape index (κ3) is 3.52. The number of aryl methyl sites for hydroxylation is 1. The largest absolute Gasteiger partial charge is 0.346 e. The van der Waals surface area contributed by atoms with Gasteiger partial charge in [-0.3, -0.25) is 9.59 Å². The second kappa shape index (κ2) is 6.94. The number of carbonyl (C=O) groups excluding carboxylic acids is 1. The number of rotatable bonds is 4. The van der Waals surface area contributed by atoms with Gasteiger partial charge in [0.15, 0.2) is 0 Å². The fraction of sp³-hybridized carbons (Fsp3) is 0.125. The molecule has 122 valence electrons. The van der Waals surface area contributed by atoms with Crippen LogP contribution >= 0.6 is 22.9 Å². The average Bonchev–Trinajstić information content (AvgIpc) is 2.94. The van der Waals surface area contributed by atoms with Crippen LogP contribution in [0.15, 0.2) is 41.2 Å². The number of aromatic amines is 1. The van der Waals surface area contributed by atoms with Gasteiger partial charge in [-0.15, -0.1) is 11.3 Å². The van der Waals surface area contributed by atoms with E-state index in [1.807, 2.05) is 31.2 Å². The van der Waals surface area contributed by atoms with Crippen molar-refractivity contribution in [3.05, 3.63) is 68.0 Å². The molecule has 1 aromatic carbocycles. The molecular weight excluding hydrogens is 348 g/mol. The van der Waals surface area contributed by atoms with Gasteiger partial charge in [-0.2, -0.15) is 5.10 Å². The lowest BCUT2D eigenvalue weighted by Crippen LogP contribution is -2.25. The molecule has 2 N–H and O–H groups in total. The minimum atomic E-state index is -0.363. The Balaban J connectivity index is 1.74. The fourth-order valence-electron chi connectivity index (χ4n) is 2.06. The van der Waals surface area contributed by atoms with Gasteiger partial charge in [0, 0.05) is 16.5 Å². The monoisotopic (exact) mass is 360 g/mol. The lowest BCUT2D eigenvalue weighted by molar-refractivity contribution is 0.0945. The SMILES string of the molecule is Cc1nc(-c2ccccc2Cl)sc1CNC(=O)c1ccc(=O)[nH]n1. The lowest BCUT2D eigenvalue weighted by Gasteiger charge is -2.02. The average molecular weight is 361 g/mol. The van der Waals surface area contributed by atoms with E-state index in [2.05, 4.69) is 20.5 Å². The van der Waals surface area contributed by atoms with Crippen molar-refractivity contribution in [2.24, 2.45) is 0 Å². The van der Waals surface area contributed by atoms with E-state index in [9.17, 15) is 9.59 Å². The fourth-order valence-corrected chi connectivity index (χ4v) is 3.39.